The number of anilines is 1. The lowest BCUT2D eigenvalue weighted by molar-refractivity contribution is 0.627. The van der Waals surface area contributed by atoms with E-state index < -0.39 is 0 Å². The Labute approximate surface area is 84.6 Å². The second kappa shape index (κ2) is 4.80. The summed E-state index contributed by atoms with van der Waals surface area (Å²) in [7, 11) is 0. The zero-order valence-corrected chi connectivity index (χ0v) is 8.73. The van der Waals surface area contributed by atoms with Gasteiger partial charge in [-0.05, 0) is 44.0 Å². The number of nitrogens with one attached hydrogen (secondary N) is 1. The van der Waals surface area contributed by atoms with Crippen molar-refractivity contribution in [2.45, 2.75) is 20.3 Å². The Morgan fingerprint density at radius 2 is 2.21 bits per heavy atom. The monoisotopic (exact) mass is 193 g/mol. The highest BCUT2D eigenvalue weighted by Gasteiger charge is 1.98. The summed E-state index contributed by atoms with van der Waals surface area (Å²) in [4.78, 5) is 0. The van der Waals surface area contributed by atoms with Crippen molar-refractivity contribution in [2.24, 2.45) is 0 Å². The number of hydrogen-bond donors (Lipinski definition) is 1. The Hall–Kier alpha value is -1.31. The number of rotatable bonds is 4. The first-order valence-electron chi connectivity index (χ1n) is 4.74. The number of aryl methyl sites for hydroxylation is 1. The molecule has 0 aromatic heterocycles. The molecule has 76 valence electrons. The molecule has 0 radical (unpaired) electrons. The molecular formula is C12H16FN. The van der Waals surface area contributed by atoms with Crippen LogP contribution in [-0.2, 0) is 0 Å². The van der Waals surface area contributed by atoms with Crippen molar-refractivity contribution in [3.05, 3.63) is 41.7 Å². The fraction of sp³-hybridized carbons (Fsp3) is 0.333. The summed E-state index contributed by atoms with van der Waals surface area (Å²) in [6.45, 7) is 8.57. The van der Waals surface area contributed by atoms with Crippen molar-refractivity contribution in [3.8, 4) is 0 Å². The van der Waals surface area contributed by atoms with Crippen LogP contribution in [0.15, 0.2) is 30.4 Å². The maximum absolute atomic E-state index is 12.8. The average molecular weight is 193 g/mol. The third-order valence-corrected chi connectivity index (χ3v) is 2.06. The van der Waals surface area contributed by atoms with Crippen molar-refractivity contribution in [2.75, 3.05) is 11.9 Å². The van der Waals surface area contributed by atoms with Crippen LogP contribution >= 0.6 is 0 Å². The molecule has 0 aliphatic rings. The molecule has 0 unspecified atom stereocenters. The van der Waals surface area contributed by atoms with Gasteiger partial charge >= 0.3 is 0 Å². The first-order valence-corrected chi connectivity index (χ1v) is 4.74. The molecule has 0 spiro atoms. The van der Waals surface area contributed by atoms with Crippen LogP contribution in [0, 0.1) is 12.7 Å². The van der Waals surface area contributed by atoms with Crippen LogP contribution in [0.4, 0.5) is 10.1 Å². The van der Waals surface area contributed by atoms with Gasteiger partial charge in [-0.15, -0.1) is 6.58 Å². The molecule has 0 saturated heterocycles. The standard InChI is InChI=1S/C12H16FN/c1-9(2)6-7-14-12-5-4-11(13)8-10(12)3/h4-5,8,14H,1,6-7H2,2-3H3. The topological polar surface area (TPSA) is 12.0 Å². The van der Waals surface area contributed by atoms with E-state index in [9.17, 15) is 4.39 Å². The van der Waals surface area contributed by atoms with E-state index in [-0.39, 0.29) is 5.82 Å². The van der Waals surface area contributed by atoms with Crippen LogP contribution in [0.5, 0.6) is 0 Å². The fourth-order valence-corrected chi connectivity index (χ4v) is 1.24. The van der Waals surface area contributed by atoms with Crippen molar-refractivity contribution in [1.82, 2.24) is 0 Å². The van der Waals surface area contributed by atoms with E-state index in [4.69, 9.17) is 0 Å². The van der Waals surface area contributed by atoms with Crippen LogP contribution in [-0.4, -0.2) is 6.54 Å². The SMILES string of the molecule is C=C(C)CCNc1ccc(F)cc1C. The quantitative estimate of drug-likeness (QED) is 0.721. The molecule has 1 aromatic rings. The molecule has 0 fully saturated rings. The van der Waals surface area contributed by atoms with Crippen molar-refractivity contribution in [1.29, 1.82) is 0 Å². The minimum absolute atomic E-state index is 0.187. The van der Waals surface area contributed by atoms with Gasteiger partial charge in [-0.3, -0.25) is 0 Å². The van der Waals surface area contributed by atoms with E-state index in [0.29, 0.717) is 0 Å². The first-order chi connectivity index (χ1) is 6.59. The number of halogens is 1. The highest BCUT2D eigenvalue weighted by atomic mass is 19.1. The largest absolute Gasteiger partial charge is 0.385 e. The molecule has 1 N–H and O–H groups in total. The van der Waals surface area contributed by atoms with E-state index in [1.165, 1.54) is 12.1 Å². The van der Waals surface area contributed by atoms with Gasteiger partial charge < -0.3 is 5.32 Å². The molecule has 2 heteroatoms. The van der Waals surface area contributed by atoms with Crippen molar-refractivity contribution < 1.29 is 4.39 Å². The van der Waals surface area contributed by atoms with Gasteiger partial charge in [0.1, 0.15) is 5.82 Å². The maximum atomic E-state index is 12.8. The second-order valence-electron chi connectivity index (χ2n) is 3.59. The smallest absolute Gasteiger partial charge is 0.123 e. The zero-order chi connectivity index (χ0) is 10.6. The van der Waals surface area contributed by atoms with Crippen LogP contribution in [0.1, 0.15) is 18.9 Å². The summed E-state index contributed by atoms with van der Waals surface area (Å²) in [5.41, 5.74) is 3.08. The second-order valence-corrected chi connectivity index (χ2v) is 3.59. The predicted molar refractivity (Wildman–Crippen MR) is 59.1 cm³/mol. The van der Waals surface area contributed by atoms with Gasteiger partial charge in [-0.1, -0.05) is 5.57 Å². The molecule has 0 amide bonds. The average Bonchev–Trinajstić information content (AvgIpc) is 2.08. The molecule has 0 heterocycles. The Kier molecular flexibility index (Phi) is 3.69. The number of benzene rings is 1. The van der Waals surface area contributed by atoms with Crippen LogP contribution in [0.2, 0.25) is 0 Å². The van der Waals surface area contributed by atoms with Gasteiger partial charge in [0.2, 0.25) is 0 Å². The molecular weight excluding hydrogens is 177 g/mol. The van der Waals surface area contributed by atoms with E-state index >= 15 is 0 Å². The van der Waals surface area contributed by atoms with Crippen molar-refractivity contribution >= 4 is 5.69 Å². The predicted octanol–water partition coefficient (Wildman–Crippen LogP) is 3.51. The van der Waals surface area contributed by atoms with Crippen LogP contribution in [0.3, 0.4) is 0 Å². The molecule has 0 atom stereocenters. The van der Waals surface area contributed by atoms with Gasteiger partial charge in [0.25, 0.3) is 0 Å². The van der Waals surface area contributed by atoms with E-state index in [1.807, 2.05) is 13.8 Å². The Morgan fingerprint density at radius 1 is 1.50 bits per heavy atom. The van der Waals surface area contributed by atoms with Crippen LogP contribution < -0.4 is 5.32 Å². The van der Waals surface area contributed by atoms with E-state index in [0.717, 1.165) is 29.8 Å². The van der Waals surface area contributed by atoms with Gasteiger partial charge in [0.15, 0.2) is 0 Å². The first kappa shape index (κ1) is 10.8. The molecule has 1 nitrogen and oxygen atoms in total. The maximum Gasteiger partial charge on any atom is 0.123 e. The van der Waals surface area contributed by atoms with Gasteiger partial charge in [0.05, 0.1) is 0 Å². The molecule has 0 saturated carbocycles. The summed E-state index contributed by atoms with van der Waals surface area (Å²) >= 11 is 0. The highest BCUT2D eigenvalue weighted by Crippen LogP contribution is 2.15. The summed E-state index contributed by atoms with van der Waals surface area (Å²) in [5.74, 6) is -0.187. The summed E-state index contributed by atoms with van der Waals surface area (Å²) in [6, 6.07) is 4.77. The Morgan fingerprint density at radius 3 is 2.79 bits per heavy atom. The lowest BCUT2D eigenvalue weighted by Crippen LogP contribution is -2.03. The van der Waals surface area contributed by atoms with E-state index in [2.05, 4.69) is 11.9 Å². The summed E-state index contributed by atoms with van der Waals surface area (Å²) in [5, 5.41) is 3.24. The van der Waals surface area contributed by atoms with Crippen molar-refractivity contribution in [3.63, 3.8) is 0 Å². The third kappa shape index (κ3) is 3.21. The molecule has 14 heavy (non-hydrogen) atoms. The normalized spacial score (nSPS) is 9.93. The third-order valence-electron chi connectivity index (χ3n) is 2.06. The van der Waals surface area contributed by atoms with Crippen LogP contribution in [0.25, 0.3) is 0 Å². The minimum Gasteiger partial charge on any atom is -0.385 e. The van der Waals surface area contributed by atoms with Gasteiger partial charge in [-0.2, -0.15) is 0 Å². The number of hydrogen-bond acceptors (Lipinski definition) is 1. The molecule has 1 rings (SSSR count). The lowest BCUT2D eigenvalue weighted by Gasteiger charge is -2.09. The highest BCUT2D eigenvalue weighted by molar-refractivity contribution is 5.50. The fourth-order valence-electron chi connectivity index (χ4n) is 1.24. The molecule has 0 aliphatic carbocycles. The summed E-state index contributed by atoms with van der Waals surface area (Å²) in [6.07, 6.45) is 0.941. The Balaban J connectivity index is 2.55. The minimum atomic E-state index is -0.187. The molecule has 0 aliphatic heterocycles. The zero-order valence-electron chi connectivity index (χ0n) is 8.73. The molecule has 0 bridgehead atoms. The van der Waals surface area contributed by atoms with Gasteiger partial charge in [-0.25, -0.2) is 4.39 Å². The Bertz CT molecular complexity index is 331. The lowest BCUT2D eigenvalue weighted by atomic mass is 10.2. The summed E-state index contributed by atoms with van der Waals surface area (Å²) < 4.78 is 12.8. The molecule has 1 aromatic carbocycles. The van der Waals surface area contributed by atoms with E-state index in [1.54, 1.807) is 6.07 Å². The van der Waals surface area contributed by atoms with Gasteiger partial charge in [0, 0.05) is 12.2 Å².